The summed E-state index contributed by atoms with van der Waals surface area (Å²) in [7, 11) is 0. The van der Waals surface area contributed by atoms with Gasteiger partial charge in [-0.15, -0.1) is 0 Å². The van der Waals surface area contributed by atoms with Crippen LogP contribution in [0.15, 0.2) is 72.5 Å². The van der Waals surface area contributed by atoms with Gasteiger partial charge in [0, 0.05) is 11.8 Å². The standard InChI is InChI=1S/C31H33N2O2/c1-7-30(6)25-15-11-14-23-22-12-9-10-13-24(22)28-29(27(23)25)33(17-19(3)32-28)31(30,8-2)26-18-34-20(4)16-21(5)35-26/h9-18,20H,7-8H2,1-6H3/q+1. The van der Waals surface area contributed by atoms with Crippen molar-refractivity contribution in [3.05, 3.63) is 83.8 Å². The van der Waals surface area contributed by atoms with Crippen molar-refractivity contribution in [2.45, 2.75) is 71.4 Å². The Balaban J connectivity index is 1.88. The first-order valence-corrected chi connectivity index (χ1v) is 12.8. The zero-order chi connectivity index (χ0) is 24.5. The molecule has 4 aromatic rings. The smallest absolute Gasteiger partial charge is 0.240 e. The minimum atomic E-state index is -0.489. The number of hydrogen-bond acceptors (Lipinski definition) is 3. The zero-order valence-corrected chi connectivity index (χ0v) is 21.5. The van der Waals surface area contributed by atoms with Crippen LogP contribution in [0.5, 0.6) is 0 Å². The summed E-state index contributed by atoms with van der Waals surface area (Å²) in [5.74, 6) is 1.73. The Morgan fingerprint density at radius 2 is 1.71 bits per heavy atom. The maximum absolute atomic E-state index is 6.64. The molecule has 35 heavy (non-hydrogen) atoms. The van der Waals surface area contributed by atoms with Gasteiger partial charge in [-0.2, -0.15) is 4.57 Å². The average molecular weight is 466 g/mol. The second-order valence-corrected chi connectivity index (χ2v) is 10.3. The Bertz CT molecular complexity index is 1580. The van der Waals surface area contributed by atoms with E-state index >= 15 is 0 Å². The molecule has 4 heteroatoms. The van der Waals surface area contributed by atoms with E-state index in [1.54, 1.807) is 0 Å². The van der Waals surface area contributed by atoms with Crippen molar-refractivity contribution in [2.75, 3.05) is 0 Å². The van der Waals surface area contributed by atoms with E-state index < -0.39 is 5.54 Å². The predicted octanol–water partition coefficient (Wildman–Crippen LogP) is 7.10. The molecule has 0 saturated carbocycles. The van der Waals surface area contributed by atoms with Gasteiger partial charge in [0.1, 0.15) is 29.3 Å². The summed E-state index contributed by atoms with van der Waals surface area (Å²) in [6, 6.07) is 15.5. The Hall–Kier alpha value is -3.40. The summed E-state index contributed by atoms with van der Waals surface area (Å²) >= 11 is 0. The average Bonchev–Trinajstić information content (AvgIpc) is 3.03. The van der Waals surface area contributed by atoms with Crippen molar-refractivity contribution in [3.8, 4) is 0 Å². The Morgan fingerprint density at radius 3 is 2.46 bits per heavy atom. The van der Waals surface area contributed by atoms with Gasteiger partial charge in [-0.05, 0) is 56.5 Å². The van der Waals surface area contributed by atoms with E-state index in [9.17, 15) is 0 Å². The highest BCUT2D eigenvalue weighted by molar-refractivity contribution is 6.23. The van der Waals surface area contributed by atoms with Crippen molar-refractivity contribution in [1.29, 1.82) is 0 Å². The highest BCUT2D eigenvalue weighted by Gasteiger charge is 2.63. The van der Waals surface area contributed by atoms with E-state index in [1.165, 1.54) is 32.6 Å². The van der Waals surface area contributed by atoms with Gasteiger partial charge < -0.3 is 9.47 Å². The number of allylic oxidation sites excluding steroid dienone is 2. The van der Waals surface area contributed by atoms with Gasteiger partial charge in [0.15, 0.2) is 6.20 Å². The van der Waals surface area contributed by atoms with Crippen molar-refractivity contribution in [1.82, 2.24) is 4.98 Å². The molecule has 0 saturated heterocycles. The maximum atomic E-state index is 6.64. The highest BCUT2D eigenvalue weighted by atomic mass is 16.5. The second-order valence-electron chi connectivity index (χ2n) is 10.3. The third-order valence-electron chi connectivity index (χ3n) is 8.52. The molecule has 2 aliphatic rings. The van der Waals surface area contributed by atoms with Crippen LogP contribution < -0.4 is 4.57 Å². The minimum absolute atomic E-state index is 0.0401. The Morgan fingerprint density at radius 1 is 0.971 bits per heavy atom. The molecule has 178 valence electrons. The molecular weight excluding hydrogens is 432 g/mol. The third-order valence-corrected chi connectivity index (χ3v) is 8.52. The molecule has 2 aliphatic heterocycles. The summed E-state index contributed by atoms with van der Waals surface area (Å²) in [5.41, 5.74) is 3.84. The maximum Gasteiger partial charge on any atom is 0.240 e. The lowest BCUT2D eigenvalue weighted by molar-refractivity contribution is -0.748. The normalized spacial score (nSPS) is 25.8. The van der Waals surface area contributed by atoms with Crippen molar-refractivity contribution in [2.24, 2.45) is 0 Å². The van der Waals surface area contributed by atoms with Gasteiger partial charge in [0.25, 0.3) is 0 Å². The number of ether oxygens (including phenoxy) is 2. The fraction of sp³-hybridized carbons (Fsp3) is 0.355. The second kappa shape index (κ2) is 7.55. The van der Waals surface area contributed by atoms with Crippen LogP contribution in [0.25, 0.3) is 32.6 Å². The van der Waals surface area contributed by atoms with Gasteiger partial charge in [-0.1, -0.05) is 56.3 Å². The molecule has 0 bridgehead atoms. The fourth-order valence-electron chi connectivity index (χ4n) is 6.82. The molecule has 0 aliphatic carbocycles. The molecule has 6 rings (SSSR count). The molecule has 3 unspecified atom stereocenters. The van der Waals surface area contributed by atoms with E-state index in [4.69, 9.17) is 14.5 Å². The van der Waals surface area contributed by atoms with Crippen LogP contribution in [-0.2, 0) is 20.4 Å². The fourth-order valence-corrected chi connectivity index (χ4v) is 6.82. The zero-order valence-electron chi connectivity index (χ0n) is 21.5. The van der Waals surface area contributed by atoms with Crippen LogP contribution in [0, 0.1) is 6.92 Å². The number of aromatic nitrogens is 2. The molecule has 3 atom stereocenters. The van der Waals surface area contributed by atoms with E-state index in [0.29, 0.717) is 0 Å². The number of aryl methyl sites for hydroxylation is 1. The molecule has 0 spiro atoms. The van der Waals surface area contributed by atoms with Gasteiger partial charge in [-0.3, -0.25) is 0 Å². The van der Waals surface area contributed by atoms with Crippen LogP contribution in [0.3, 0.4) is 0 Å². The minimum Gasteiger partial charge on any atom is -0.490 e. The van der Waals surface area contributed by atoms with Gasteiger partial charge in [0.05, 0.1) is 10.8 Å². The SMILES string of the molecule is CCC1(C)c2cccc3c4ccccc4c4nc(C)c[n+](c4c23)C1(CC)C1=COC(C)C=C(C)O1. The first-order valence-electron chi connectivity index (χ1n) is 12.8. The molecule has 1 aromatic heterocycles. The van der Waals surface area contributed by atoms with Crippen LogP contribution >= 0.6 is 0 Å². The van der Waals surface area contributed by atoms with Crippen LogP contribution in [0.4, 0.5) is 0 Å². The van der Waals surface area contributed by atoms with Gasteiger partial charge >= 0.3 is 0 Å². The first kappa shape index (κ1) is 22.1. The molecule has 0 radical (unpaired) electrons. The number of hydrogen-bond donors (Lipinski definition) is 0. The summed E-state index contributed by atoms with van der Waals surface area (Å²) < 4.78 is 15.3. The number of benzene rings is 3. The summed E-state index contributed by atoms with van der Waals surface area (Å²) in [6.45, 7) is 13.1. The summed E-state index contributed by atoms with van der Waals surface area (Å²) in [4.78, 5) is 5.13. The highest BCUT2D eigenvalue weighted by Crippen LogP contribution is 2.54. The van der Waals surface area contributed by atoms with Crippen LogP contribution in [0.1, 0.15) is 58.7 Å². The summed E-state index contributed by atoms with van der Waals surface area (Å²) in [5, 5.41) is 5.03. The van der Waals surface area contributed by atoms with Gasteiger partial charge in [-0.25, -0.2) is 4.98 Å². The first-order chi connectivity index (χ1) is 16.9. The molecule has 0 N–H and O–H groups in total. The summed E-state index contributed by atoms with van der Waals surface area (Å²) in [6.07, 6.45) is 7.89. The molecule has 3 heterocycles. The van der Waals surface area contributed by atoms with E-state index in [2.05, 4.69) is 87.8 Å². The molecule has 4 nitrogen and oxygen atoms in total. The van der Waals surface area contributed by atoms with Crippen molar-refractivity contribution < 1.29 is 14.0 Å². The lowest BCUT2D eigenvalue weighted by Crippen LogP contribution is -2.69. The lowest BCUT2D eigenvalue weighted by atomic mass is 9.59. The molecular formula is C31H33N2O2+. The molecule has 0 fully saturated rings. The monoisotopic (exact) mass is 465 g/mol. The molecule has 0 amide bonds. The van der Waals surface area contributed by atoms with Crippen LogP contribution in [-0.4, -0.2) is 11.1 Å². The topological polar surface area (TPSA) is 35.2 Å². The van der Waals surface area contributed by atoms with E-state index in [0.717, 1.165) is 35.6 Å². The van der Waals surface area contributed by atoms with E-state index in [-0.39, 0.29) is 11.5 Å². The Kier molecular flexibility index (Phi) is 4.76. The van der Waals surface area contributed by atoms with Crippen LogP contribution in [0.2, 0.25) is 0 Å². The van der Waals surface area contributed by atoms with Gasteiger partial charge in [0.2, 0.25) is 16.8 Å². The largest absolute Gasteiger partial charge is 0.490 e. The third kappa shape index (κ3) is 2.74. The number of rotatable bonds is 3. The predicted molar refractivity (Wildman–Crippen MR) is 141 cm³/mol. The molecule has 3 aromatic carbocycles. The van der Waals surface area contributed by atoms with Crippen molar-refractivity contribution >= 4 is 32.6 Å². The van der Waals surface area contributed by atoms with E-state index in [1.807, 2.05) is 19.3 Å². The Labute approximate surface area is 206 Å². The number of nitrogens with zero attached hydrogens (tertiary/aromatic N) is 2. The quantitative estimate of drug-likeness (QED) is 0.239. The number of fused-ring (bicyclic) bond motifs is 3. The lowest BCUT2D eigenvalue weighted by Gasteiger charge is -2.47. The van der Waals surface area contributed by atoms with Crippen molar-refractivity contribution in [3.63, 3.8) is 0 Å².